The van der Waals surface area contributed by atoms with Crippen LogP contribution < -0.4 is 5.73 Å². The number of aromatic nitrogens is 1. The zero-order chi connectivity index (χ0) is 13.1. The van der Waals surface area contributed by atoms with E-state index in [4.69, 9.17) is 5.73 Å². The molecule has 0 atom stereocenters. The zero-order valence-electron chi connectivity index (χ0n) is 10.5. The monoisotopic (exact) mass is 246 g/mol. The smallest absolute Gasteiger partial charge is 0.0320 e. The van der Waals surface area contributed by atoms with Gasteiger partial charge in [0.1, 0.15) is 0 Å². The van der Waals surface area contributed by atoms with Crippen molar-refractivity contribution in [3.63, 3.8) is 0 Å². The zero-order valence-corrected chi connectivity index (χ0v) is 10.5. The predicted octanol–water partition coefficient (Wildman–Crippen LogP) is 3.99. The first-order valence-corrected chi connectivity index (χ1v) is 6.19. The molecule has 0 aliphatic rings. The van der Waals surface area contributed by atoms with Gasteiger partial charge in [0.15, 0.2) is 0 Å². The highest BCUT2D eigenvalue weighted by atomic mass is 14.6. The third kappa shape index (κ3) is 2.63. The number of pyridine rings is 1. The number of hydrogen-bond acceptors (Lipinski definition) is 2. The standard InChI is InChI=1S/C17H14N2/c18-17-6-5-15-11-14(3-4-16(15)12-17)2-1-13-7-9-19-10-8-13/h1-12H,18H2. The third-order valence-electron chi connectivity index (χ3n) is 3.06. The molecule has 0 aliphatic heterocycles. The first-order valence-electron chi connectivity index (χ1n) is 6.19. The van der Waals surface area contributed by atoms with Crippen molar-refractivity contribution in [3.8, 4) is 0 Å². The molecular formula is C17H14N2. The van der Waals surface area contributed by atoms with E-state index in [2.05, 4.69) is 41.4 Å². The fourth-order valence-electron chi connectivity index (χ4n) is 2.05. The minimum atomic E-state index is 0.799. The molecule has 92 valence electrons. The van der Waals surface area contributed by atoms with Gasteiger partial charge in [0.05, 0.1) is 0 Å². The molecule has 0 unspecified atom stereocenters. The van der Waals surface area contributed by atoms with Crippen LogP contribution in [0.4, 0.5) is 5.69 Å². The van der Waals surface area contributed by atoms with E-state index in [0.717, 1.165) is 11.3 Å². The average Bonchev–Trinajstić information content (AvgIpc) is 2.46. The lowest BCUT2D eigenvalue weighted by molar-refractivity contribution is 1.32. The molecule has 2 aromatic carbocycles. The van der Waals surface area contributed by atoms with Crippen molar-refractivity contribution >= 4 is 28.6 Å². The molecule has 1 aromatic heterocycles. The molecule has 0 saturated heterocycles. The van der Waals surface area contributed by atoms with Crippen molar-refractivity contribution in [3.05, 3.63) is 72.1 Å². The maximum atomic E-state index is 5.78. The quantitative estimate of drug-likeness (QED) is 0.694. The summed E-state index contributed by atoms with van der Waals surface area (Å²) in [7, 11) is 0. The Hall–Kier alpha value is -2.61. The van der Waals surface area contributed by atoms with Crippen LogP contribution in [-0.2, 0) is 0 Å². The van der Waals surface area contributed by atoms with E-state index in [1.54, 1.807) is 12.4 Å². The molecule has 0 radical (unpaired) electrons. The second-order valence-corrected chi connectivity index (χ2v) is 4.48. The van der Waals surface area contributed by atoms with E-state index < -0.39 is 0 Å². The van der Waals surface area contributed by atoms with Crippen molar-refractivity contribution in [1.82, 2.24) is 4.98 Å². The lowest BCUT2D eigenvalue weighted by atomic mass is 10.1. The molecule has 0 fully saturated rings. The van der Waals surface area contributed by atoms with Crippen molar-refractivity contribution in [2.75, 3.05) is 5.73 Å². The fraction of sp³-hybridized carbons (Fsp3) is 0. The lowest BCUT2D eigenvalue weighted by Crippen LogP contribution is -1.84. The fourth-order valence-corrected chi connectivity index (χ4v) is 2.05. The Morgan fingerprint density at radius 1 is 0.737 bits per heavy atom. The summed E-state index contributed by atoms with van der Waals surface area (Å²) in [6.45, 7) is 0. The topological polar surface area (TPSA) is 38.9 Å². The second kappa shape index (κ2) is 4.94. The van der Waals surface area contributed by atoms with Gasteiger partial charge in [-0.3, -0.25) is 4.98 Å². The summed E-state index contributed by atoms with van der Waals surface area (Å²) < 4.78 is 0. The summed E-state index contributed by atoms with van der Waals surface area (Å²) >= 11 is 0. The van der Waals surface area contributed by atoms with Crippen LogP contribution in [0.2, 0.25) is 0 Å². The van der Waals surface area contributed by atoms with Gasteiger partial charge in [0.25, 0.3) is 0 Å². The molecule has 0 amide bonds. The molecule has 0 saturated carbocycles. The molecule has 0 spiro atoms. The Labute approximate surface area is 112 Å². The Bertz CT molecular complexity index is 731. The van der Waals surface area contributed by atoms with Crippen LogP contribution in [0.25, 0.3) is 22.9 Å². The molecule has 2 heteroatoms. The van der Waals surface area contributed by atoms with Gasteiger partial charge in [0, 0.05) is 18.1 Å². The van der Waals surface area contributed by atoms with Crippen LogP contribution >= 0.6 is 0 Å². The SMILES string of the molecule is Nc1ccc2cc(C=Cc3ccncc3)ccc2c1. The van der Waals surface area contributed by atoms with Crippen molar-refractivity contribution in [1.29, 1.82) is 0 Å². The Balaban J connectivity index is 1.94. The van der Waals surface area contributed by atoms with Crippen LogP contribution in [0.5, 0.6) is 0 Å². The molecule has 3 rings (SSSR count). The highest BCUT2D eigenvalue weighted by Crippen LogP contribution is 2.20. The molecule has 19 heavy (non-hydrogen) atoms. The minimum absolute atomic E-state index is 0.799. The van der Waals surface area contributed by atoms with Gasteiger partial charge in [0.2, 0.25) is 0 Å². The number of fused-ring (bicyclic) bond motifs is 1. The van der Waals surface area contributed by atoms with Gasteiger partial charge in [-0.25, -0.2) is 0 Å². The number of anilines is 1. The molecule has 3 aromatic rings. The number of benzene rings is 2. The van der Waals surface area contributed by atoms with Crippen LogP contribution in [0.3, 0.4) is 0 Å². The lowest BCUT2D eigenvalue weighted by Gasteiger charge is -2.01. The number of rotatable bonds is 2. The number of nitrogen functional groups attached to an aromatic ring is 1. The van der Waals surface area contributed by atoms with E-state index in [-0.39, 0.29) is 0 Å². The van der Waals surface area contributed by atoms with E-state index >= 15 is 0 Å². The Kier molecular flexibility index (Phi) is 2.99. The summed E-state index contributed by atoms with van der Waals surface area (Å²) in [4.78, 5) is 4.00. The van der Waals surface area contributed by atoms with Crippen LogP contribution in [0, 0.1) is 0 Å². The Morgan fingerprint density at radius 3 is 2.26 bits per heavy atom. The van der Waals surface area contributed by atoms with Gasteiger partial charge in [-0.1, -0.05) is 30.4 Å². The summed E-state index contributed by atoms with van der Waals surface area (Å²) in [5, 5.41) is 2.37. The first-order chi connectivity index (χ1) is 9.31. The molecule has 0 bridgehead atoms. The summed E-state index contributed by atoms with van der Waals surface area (Å²) in [5.41, 5.74) is 8.90. The second-order valence-electron chi connectivity index (χ2n) is 4.48. The van der Waals surface area contributed by atoms with E-state index in [1.807, 2.05) is 24.3 Å². The maximum Gasteiger partial charge on any atom is 0.0320 e. The normalized spacial score (nSPS) is 11.2. The highest BCUT2D eigenvalue weighted by Gasteiger charge is 1.95. The van der Waals surface area contributed by atoms with Gasteiger partial charge in [-0.05, 0) is 52.2 Å². The van der Waals surface area contributed by atoms with Crippen LogP contribution in [0.1, 0.15) is 11.1 Å². The van der Waals surface area contributed by atoms with E-state index in [9.17, 15) is 0 Å². The average molecular weight is 246 g/mol. The third-order valence-corrected chi connectivity index (χ3v) is 3.06. The minimum Gasteiger partial charge on any atom is -0.399 e. The van der Waals surface area contributed by atoms with E-state index in [1.165, 1.54) is 16.3 Å². The molecule has 2 N–H and O–H groups in total. The highest BCUT2D eigenvalue weighted by molar-refractivity contribution is 5.88. The number of nitrogens with two attached hydrogens (primary N) is 1. The van der Waals surface area contributed by atoms with Crippen molar-refractivity contribution in [2.45, 2.75) is 0 Å². The largest absolute Gasteiger partial charge is 0.399 e. The molecular weight excluding hydrogens is 232 g/mol. The summed E-state index contributed by atoms with van der Waals surface area (Å²) in [6.07, 6.45) is 7.77. The molecule has 1 heterocycles. The van der Waals surface area contributed by atoms with Crippen molar-refractivity contribution < 1.29 is 0 Å². The number of hydrogen-bond donors (Lipinski definition) is 1. The number of nitrogens with zero attached hydrogens (tertiary/aromatic N) is 1. The van der Waals surface area contributed by atoms with Crippen molar-refractivity contribution in [2.24, 2.45) is 0 Å². The predicted molar refractivity (Wildman–Crippen MR) is 81.5 cm³/mol. The van der Waals surface area contributed by atoms with Crippen LogP contribution in [-0.4, -0.2) is 4.98 Å². The first kappa shape index (κ1) is 11.5. The molecule has 0 aliphatic carbocycles. The van der Waals surface area contributed by atoms with Crippen LogP contribution in [0.15, 0.2) is 60.9 Å². The van der Waals surface area contributed by atoms with Gasteiger partial charge in [-0.15, -0.1) is 0 Å². The summed E-state index contributed by atoms with van der Waals surface area (Å²) in [6, 6.07) is 16.3. The van der Waals surface area contributed by atoms with Gasteiger partial charge >= 0.3 is 0 Å². The van der Waals surface area contributed by atoms with Gasteiger partial charge in [-0.2, -0.15) is 0 Å². The van der Waals surface area contributed by atoms with Gasteiger partial charge < -0.3 is 5.73 Å². The van der Waals surface area contributed by atoms with E-state index in [0.29, 0.717) is 0 Å². The molecule has 2 nitrogen and oxygen atoms in total. The Morgan fingerprint density at radius 2 is 1.42 bits per heavy atom. The maximum absolute atomic E-state index is 5.78. The summed E-state index contributed by atoms with van der Waals surface area (Å²) in [5.74, 6) is 0.